The number of hydrogen-bond acceptors (Lipinski definition) is 10. The number of phenols is 1. The van der Waals surface area contributed by atoms with Crippen molar-refractivity contribution in [1.29, 1.82) is 0 Å². The van der Waals surface area contributed by atoms with Gasteiger partial charge in [0.1, 0.15) is 47.2 Å². The number of benzene rings is 1. The van der Waals surface area contributed by atoms with E-state index in [-0.39, 0.29) is 23.5 Å². The van der Waals surface area contributed by atoms with Gasteiger partial charge in [-0.1, -0.05) is 0 Å². The highest BCUT2D eigenvalue weighted by molar-refractivity contribution is 6.01. The van der Waals surface area contributed by atoms with Gasteiger partial charge in [-0.2, -0.15) is 0 Å². The molecule has 1 aliphatic heterocycles. The topological polar surface area (TPSA) is 155 Å². The lowest BCUT2D eigenvalue weighted by molar-refractivity contribution is -0.309. The lowest BCUT2D eigenvalue weighted by atomic mass is 9.99. The van der Waals surface area contributed by atoms with Gasteiger partial charge in [0.15, 0.2) is 12.1 Å². The third kappa shape index (κ3) is 4.72. The number of aliphatic hydroxyl groups is 4. The van der Waals surface area contributed by atoms with Crippen LogP contribution in [-0.2, 0) is 9.47 Å². The maximum Gasteiger partial charge on any atom is 0.186 e. The van der Waals surface area contributed by atoms with Gasteiger partial charge in [-0.15, -0.1) is 0 Å². The van der Waals surface area contributed by atoms with E-state index in [4.69, 9.17) is 18.9 Å². The van der Waals surface area contributed by atoms with Gasteiger partial charge >= 0.3 is 0 Å². The molecular formula is C18H26O10. The van der Waals surface area contributed by atoms with Crippen molar-refractivity contribution >= 4 is 5.78 Å². The first kappa shape index (κ1) is 22.3. The van der Waals surface area contributed by atoms with Crippen molar-refractivity contribution in [3.05, 3.63) is 17.7 Å². The Morgan fingerprint density at radius 2 is 1.82 bits per heavy atom. The first-order valence-corrected chi connectivity index (χ1v) is 8.67. The molecule has 10 heteroatoms. The third-order valence-electron chi connectivity index (χ3n) is 4.48. The molecule has 158 valence electrons. The van der Waals surface area contributed by atoms with Crippen LogP contribution in [0.3, 0.4) is 0 Å². The highest BCUT2D eigenvalue weighted by atomic mass is 16.7. The van der Waals surface area contributed by atoms with E-state index in [1.54, 1.807) is 0 Å². The van der Waals surface area contributed by atoms with Crippen molar-refractivity contribution in [3.63, 3.8) is 0 Å². The minimum absolute atomic E-state index is 0.0486. The van der Waals surface area contributed by atoms with E-state index in [0.717, 1.165) is 0 Å². The first-order valence-electron chi connectivity index (χ1n) is 8.67. The smallest absolute Gasteiger partial charge is 0.186 e. The second kappa shape index (κ2) is 9.50. The summed E-state index contributed by atoms with van der Waals surface area (Å²) in [4.78, 5) is 12.6. The van der Waals surface area contributed by atoms with Gasteiger partial charge in [0.2, 0.25) is 0 Å². The molecular weight excluding hydrogens is 376 g/mol. The summed E-state index contributed by atoms with van der Waals surface area (Å²) in [6, 6.07) is 2.73. The summed E-state index contributed by atoms with van der Waals surface area (Å²) < 4.78 is 20.9. The molecule has 1 heterocycles. The van der Waals surface area contributed by atoms with Crippen molar-refractivity contribution < 1.29 is 49.3 Å². The molecule has 0 unspecified atom stereocenters. The molecule has 10 nitrogen and oxygen atoms in total. The summed E-state index contributed by atoms with van der Waals surface area (Å²) >= 11 is 0. The number of Topliss-reactive ketones (excluding diaryl/α,β-unsaturated/α-hetero) is 1. The fraction of sp³-hybridized carbons (Fsp3) is 0.611. The fourth-order valence-corrected chi connectivity index (χ4v) is 2.96. The number of carbonyl (C=O) groups excluding carboxylic acids is 1. The second-order valence-corrected chi connectivity index (χ2v) is 6.50. The number of rotatable bonds is 8. The highest BCUT2D eigenvalue weighted by Gasteiger charge is 2.44. The number of ketones is 1. The van der Waals surface area contributed by atoms with Crippen LogP contribution in [0.4, 0.5) is 0 Å². The SMILES string of the molecule is COc1cc(O)c(C(=O)C[C@H](C)O[C@H]2O[C@H](CO)[C@@H](O)[C@@H](O)[C@@H]2O)c(OC)c1. The lowest BCUT2D eigenvalue weighted by Crippen LogP contribution is -2.59. The Hall–Kier alpha value is -1.95. The molecule has 5 N–H and O–H groups in total. The molecule has 1 aromatic carbocycles. The molecule has 1 saturated heterocycles. The summed E-state index contributed by atoms with van der Waals surface area (Å²) in [6.07, 6.45) is -8.12. The molecule has 0 amide bonds. The van der Waals surface area contributed by atoms with Crippen molar-refractivity contribution in [3.8, 4) is 17.2 Å². The molecule has 1 fully saturated rings. The normalized spacial score (nSPS) is 28.6. The number of methoxy groups -OCH3 is 2. The summed E-state index contributed by atoms with van der Waals surface area (Å²) in [5.74, 6) is -0.367. The summed E-state index contributed by atoms with van der Waals surface area (Å²) in [7, 11) is 2.75. The molecule has 28 heavy (non-hydrogen) atoms. The Morgan fingerprint density at radius 3 is 2.39 bits per heavy atom. The van der Waals surface area contributed by atoms with Gasteiger partial charge in [0, 0.05) is 18.6 Å². The summed E-state index contributed by atoms with van der Waals surface area (Å²) in [6.45, 7) is 0.946. The summed E-state index contributed by atoms with van der Waals surface area (Å²) in [5, 5.41) is 48.9. The van der Waals surface area contributed by atoms with Crippen LogP contribution < -0.4 is 9.47 Å². The molecule has 6 atom stereocenters. The van der Waals surface area contributed by atoms with Gasteiger partial charge in [0.05, 0.1) is 26.9 Å². The Kier molecular flexibility index (Phi) is 7.58. The van der Waals surface area contributed by atoms with Crippen LogP contribution in [0.15, 0.2) is 12.1 Å². The third-order valence-corrected chi connectivity index (χ3v) is 4.48. The largest absolute Gasteiger partial charge is 0.507 e. The van der Waals surface area contributed by atoms with Crippen LogP contribution >= 0.6 is 0 Å². The zero-order chi connectivity index (χ0) is 21.0. The summed E-state index contributed by atoms with van der Waals surface area (Å²) in [5.41, 5.74) is -0.0486. The Labute approximate surface area is 161 Å². The number of hydrogen-bond donors (Lipinski definition) is 5. The number of ether oxygens (including phenoxy) is 4. The zero-order valence-electron chi connectivity index (χ0n) is 15.8. The van der Waals surface area contributed by atoms with Gasteiger partial charge in [-0.3, -0.25) is 4.79 Å². The van der Waals surface area contributed by atoms with Gasteiger partial charge in [-0.25, -0.2) is 0 Å². The van der Waals surface area contributed by atoms with Crippen LogP contribution in [0.25, 0.3) is 0 Å². The zero-order valence-corrected chi connectivity index (χ0v) is 15.8. The quantitative estimate of drug-likeness (QED) is 0.349. The van der Waals surface area contributed by atoms with E-state index in [1.165, 1.54) is 33.3 Å². The first-order chi connectivity index (χ1) is 13.2. The van der Waals surface area contributed by atoms with E-state index in [2.05, 4.69) is 0 Å². The van der Waals surface area contributed by atoms with E-state index in [0.29, 0.717) is 5.75 Å². The van der Waals surface area contributed by atoms with Crippen molar-refractivity contribution in [2.75, 3.05) is 20.8 Å². The molecule has 2 rings (SSSR count). The number of phenolic OH excluding ortho intramolecular Hbond substituents is 1. The number of carbonyl (C=O) groups is 1. The molecule has 0 spiro atoms. The Balaban J connectivity index is 2.09. The molecule has 1 aromatic rings. The Morgan fingerprint density at radius 1 is 1.14 bits per heavy atom. The minimum atomic E-state index is -1.58. The predicted octanol–water partition coefficient (Wildman–Crippen LogP) is -0.813. The number of aliphatic hydroxyl groups excluding tert-OH is 4. The highest BCUT2D eigenvalue weighted by Crippen LogP contribution is 2.34. The molecule has 0 aliphatic carbocycles. The molecule has 0 bridgehead atoms. The van der Waals surface area contributed by atoms with E-state index in [9.17, 15) is 30.3 Å². The fourth-order valence-electron chi connectivity index (χ4n) is 2.96. The average Bonchev–Trinajstić information content (AvgIpc) is 2.67. The maximum absolute atomic E-state index is 12.6. The Bertz CT molecular complexity index is 677. The van der Waals surface area contributed by atoms with Crippen LogP contribution in [-0.4, -0.2) is 89.0 Å². The predicted molar refractivity (Wildman–Crippen MR) is 94.5 cm³/mol. The van der Waals surface area contributed by atoms with Crippen molar-refractivity contribution in [2.45, 2.75) is 50.2 Å². The number of aromatic hydroxyl groups is 1. The second-order valence-electron chi connectivity index (χ2n) is 6.50. The van der Waals surface area contributed by atoms with Crippen molar-refractivity contribution in [1.82, 2.24) is 0 Å². The molecule has 0 saturated carbocycles. The van der Waals surface area contributed by atoms with Crippen LogP contribution in [0.5, 0.6) is 17.2 Å². The minimum Gasteiger partial charge on any atom is -0.507 e. The standard InChI is InChI=1S/C18H26O10/c1-8(27-18-17(24)16(23)15(22)13(7-19)28-18)4-10(20)14-11(21)5-9(25-2)6-12(14)26-3/h5-6,8,13,15-19,21-24H,4,7H2,1-3H3/t8-,13+,15+,16+,17-,18-/m0/s1. The van der Waals surface area contributed by atoms with E-state index < -0.39 is 49.2 Å². The maximum atomic E-state index is 12.6. The van der Waals surface area contributed by atoms with Crippen LogP contribution in [0.1, 0.15) is 23.7 Å². The lowest BCUT2D eigenvalue weighted by Gasteiger charge is -2.40. The van der Waals surface area contributed by atoms with Gasteiger partial charge in [0.25, 0.3) is 0 Å². The van der Waals surface area contributed by atoms with Crippen LogP contribution in [0, 0.1) is 0 Å². The van der Waals surface area contributed by atoms with E-state index >= 15 is 0 Å². The average molecular weight is 402 g/mol. The van der Waals surface area contributed by atoms with Gasteiger partial charge in [-0.05, 0) is 6.92 Å². The van der Waals surface area contributed by atoms with Crippen molar-refractivity contribution in [2.24, 2.45) is 0 Å². The molecule has 0 aromatic heterocycles. The monoisotopic (exact) mass is 402 g/mol. The van der Waals surface area contributed by atoms with Crippen LogP contribution in [0.2, 0.25) is 0 Å². The van der Waals surface area contributed by atoms with E-state index in [1.807, 2.05) is 0 Å². The molecule has 0 radical (unpaired) electrons. The molecule has 1 aliphatic rings. The van der Waals surface area contributed by atoms with Gasteiger partial charge < -0.3 is 44.5 Å².